The van der Waals surface area contributed by atoms with E-state index in [1.54, 1.807) is 42.7 Å². The van der Waals surface area contributed by atoms with Crippen LogP contribution in [-0.2, 0) is 0 Å². The number of furan rings is 1. The number of anilines is 1. The van der Waals surface area contributed by atoms with Gasteiger partial charge in [-0.1, -0.05) is 37.6 Å². The Bertz CT molecular complexity index is 1040. The molecule has 0 atom stereocenters. The molecule has 0 bridgehead atoms. The van der Waals surface area contributed by atoms with Crippen molar-refractivity contribution in [3.8, 4) is 23.1 Å². The first-order chi connectivity index (χ1) is 13.7. The van der Waals surface area contributed by atoms with Crippen LogP contribution in [0.15, 0.2) is 75.8 Å². The second-order valence-corrected chi connectivity index (χ2v) is 5.79. The van der Waals surface area contributed by atoms with E-state index >= 15 is 0 Å². The Hall–Kier alpha value is -3.67. The van der Waals surface area contributed by atoms with Gasteiger partial charge in [0.15, 0.2) is 5.76 Å². The number of nitrogens with one attached hydrogen (secondary N) is 1. The number of benzene rings is 2. The first-order valence-corrected chi connectivity index (χ1v) is 9.05. The molecule has 4 aromatic rings. The lowest BCUT2D eigenvalue weighted by Gasteiger charge is -2.06. The van der Waals surface area contributed by atoms with Gasteiger partial charge in [0, 0.05) is 18.2 Å². The van der Waals surface area contributed by atoms with Crippen LogP contribution in [0, 0.1) is 6.92 Å². The van der Waals surface area contributed by atoms with Crippen LogP contribution >= 0.6 is 0 Å². The molecule has 1 N–H and O–H groups in total. The number of aromatic nitrogens is 2. The van der Waals surface area contributed by atoms with E-state index in [-0.39, 0.29) is 7.33 Å². The van der Waals surface area contributed by atoms with Gasteiger partial charge in [-0.3, -0.25) is 4.79 Å². The highest BCUT2D eigenvalue weighted by molar-refractivity contribution is 6.04. The van der Waals surface area contributed by atoms with Gasteiger partial charge in [-0.15, -0.1) is 10.2 Å². The maximum absolute atomic E-state index is 12.4. The molecule has 0 saturated carbocycles. The molecule has 28 heavy (non-hydrogen) atoms. The Morgan fingerprint density at radius 1 is 0.964 bits per heavy atom. The largest absolute Gasteiger partial charge is 0.459 e. The van der Waals surface area contributed by atoms with Gasteiger partial charge in [-0.25, -0.2) is 0 Å². The second-order valence-electron chi connectivity index (χ2n) is 5.79. The minimum atomic E-state index is -0.177. The number of nitrogens with zero attached hydrogens (tertiary/aromatic N) is 2. The molecule has 0 aliphatic rings. The summed E-state index contributed by atoms with van der Waals surface area (Å²) in [6.45, 7) is 5.98. The molecule has 2 heterocycles. The highest BCUT2D eigenvalue weighted by Crippen LogP contribution is 2.26. The van der Waals surface area contributed by atoms with Crippen LogP contribution in [-0.4, -0.2) is 16.1 Å². The monoisotopic (exact) mass is 377 g/mol. The van der Waals surface area contributed by atoms with Crippen LogP contribution < -0.4 is 5.32 Å². The van der Waals surface area contributed by atoms with E-state index in [0.29, 0.717) is 34.4 Å². The molecule has 2 aromatic heterocycles. The fourth-order valence-corrected chi connectivity index (χ4v) is 2.48. The van der Waals surface area contributed by atoms with E-state index in [9.17, 15) is 4.79 Å². The molecular weight excluding hydrogens is 354 g/mol. The molecule has 4 rings (SSSR count). The number of carbonyl (C=O) groups excluding carboxylic acids is 1. The SMILES string of the molecule is CC.Cc1ccc(C(=O)Nc2cccc(-c3nnc(-c4ccco4)o3)c2)cc1.[HH]. The molecule has 0 radical (unpaired) electrons. The van der Waals surface area contributed by atoms with Crippen molar-refractivity contribution in [3.05, 3.63) is 78.1 Å². The maximum atomic E-state index is 12.4. The summed E-state index contributed by atoms with van der Waals surface area (Å²) in [5, 5.41) is 10.9. The third kappa shape index (κ3) is 4.35. The van der Waals surface area contributed by atoms with Crippen molar-refractivity contribution in [2.75, 3.05) is 5.32 Å². The Balaban J connectivity index is 0.000000970. The van der Waals surface area contributed by atoms with Crippen LogP contribution in [0.4, 0.5) is 5.69 Å². The quantitative estimate of drug-likeness (QED) is 0.484. The standard InChI is InChI=1S/C20H15N3O3.C2H6.H2/c1-13-7-9-14(10-8-13)18(24)21-16-5-2-4-15(12-16)19-22-23-20(26-19)17-6-3-11-25-17;1-2;/h2-12H,1H3,(H,21,24);1-2H3;1H. The van der Waals surface area contributed by atoms with Crippen LogP contribution in [0.25, 0.3) is 23.1 Å². The zero-order valence-corrected chi connectivity index (χ0v) is 16.0. The molecule has 6 heteroatoms. The van der Waals surface area contributed by atoms with Gasteiger partial charge in [-0.05, 0) is 49.4 Å². The summed E-state index contributed by atoms with van der Waals surface area (Å²) in [5.41, 5.74) is 3.05. The van der Waals surface area contributed by atoms with Gasteiger partial charge in [0.2, 0.25) is 5.89 Å². The first kappa shape index (κ1) is 19.1. The molecular formula is C22H23N3O3. The molecule has 0 unspecified atom stereocenters. The molecule has 144 valence electrons. The van der Waals surface area contributed by atoms with Gasteiger partial charge in [0.1, 0.15) is 0 Å². The predicted molar refractivity (Wildman–Crippen MR) is 110 cm³/mol. The van der Waals surface area contributed by atoms with Gasteiger partial charge < -0.3 is 14.2 Å². The van der Waals surface area contributed by atoms with Gasteiger partial charge in [-0.2, -0.15) is 0 Å². The maximum Gasteiger partial charge on any atom is 0.283 e. The Morgan fingerprint density at radius 2 is 1.71 bits per heavy atom. The number of rotatable bonds is 4. The van der Waals surface area contributed by atoms with Gasteiger partial charge in [0.25, 0.3) is 11.8 Å². The van der Waals surface area contributed by atoms with Crippen molar-refractivity contribution in [1.29, 1.82) is 0 Å². The predicted octanol–water partition coefficient (Wildman–Crippen LogP) is 5.83. The number of carbonyl (C=O) groups is 1. The lowest BCUT2D eigenvalue weighted by Crippen LogP contribution is -2.11. The van der Waals surface area contributed by atoms with Crippen molar-refractivity contribution >= 4 is 11.6 Å². The van der Waals surface area contributed by atoms with Gasteiger partial charge in [0.05, 0.1) is 6.26 Å². The third-order valence-electron chi connectivity index (χ3n) is 3.84. The molecule has 0 spiro atoms. The molecule has 0 fully saturated rings. The van der Waals surface area contributed by atoms with E-state index < -0.39 is 0 Å². The first-order valence-electron chi connectivity index (χ1n) is 9.05. The normalized spacial score (nSPS) is 10.1. The summed E-state index contributed by atoms with van der Waals surface area (Å²) in [5.74, 6) is 0.985. The van der Waals surface area contributed by atoms with Crippen LogP contribution in [0.1, 0.15) is 31.2 Å². The Labute approximate surface area is 164 Å². The average Bonchev–Trinajstić information content (AvgIpc) is 3.42. The van der Waals surface area contributed by atoms with Crippen molar-refractivity contribution in [1.82, 2.24) is 10.2 Å². The average molecular weight is 377 g/mol. The third-order valence-corrected chi connectivity index (χ3v) is 3.84. The Kier molecular flexibility index (Phi) is 6.01. The van der Waals surface area contributed by atoms with Crippen molar-refractivity contribution in [2.45, 2.75) is 20.8 Å². The van der Waals surface area contributed by atoms with E-state index in [4.69, 9.17) is 8.83 Å². The van der Waals surface area contributed by atoms with Crippen molar-refractivity contribution in [3.63, 3.8) is 0 Å². The number of amides is 1. The van der Waals surface area contributed by atoms with Crippen molar-refractivity contribution in [2.24, 2.45) is 0 Å². The summed E-state index contributed by atoms with van der Waals surface area (Å²) < 4.78 is 10.9. The number of hydrogen-bond acceptors (Lipinski definition) is 5. The minimum Gasteiger partial charge on any atom is -0.459 e. The topological polar surface area (TPSA) is 81.2 Å². The summed E-state index contributed by atoms with van der Waals surface area (Å²) >= 11 is 0. The second kappa shape index (κ2) is 8.81. The van der Waals surface area contributed by atoms with Crippen LogP contribution in [0.2, 0.25) is 0 Å². The highest BCUT2D eigenvalue weighted by Gasteiger charge is 2.13. The van der Waals surface area contributed by atoms with Crippen molar-refractivity contribution < 1.29 is 15.1 Å². The molecule has 6 nitrogen and oxygen atoms in total. The summed E-state index contributed by atoms with van der Waals surface area (Å²) in [6, 6.07) is 18.1. The lowest BCUT2D eigenvalue weighted by molar-refractivity contribution is 0.102. The summed E-state index contributed by atoms with van der Waals surface area (Å²) in [6.07, 6.45) is 1.54. The minimum absolute atomic E-state index is 0. The summed E-state index contributed by atoms with van der Waals surface area (Å²) in [4.78, 5) is 12.4. The fraction of sp³-hybridized carbons (Fsp3) is 0.136. The van der Waals surface area contributed by atoms with E-state index in [1.807, 2.05) is 45.0 Å². The molecule has 1 amide bonds. The molecule has 0 saturated heterocycles. The zero-order valence-electron chi connectivity index (χ0n) is 16.0. The summed E-state index contributed by atoms with van der Waals surface area (Å²) in [7, 11) is 0. The smallest absolute Gasteiger partial charge is 0.283 e. The highest BCUT2D eigenvalue weighted by atomic mass is 16.4. The lowest BCUT2D eigenvalue weighted by atomic mass is 10.1. The van der Waals surface area contributed by atoms with E-state index in [2.05, 4.69) is 15.5 Å². The van der Waals surface area contributed by atoms with E-state index in [0.717, 1.165) is 5.56 Å². The van der Waals surface area contributed by atoms with Crippen LogP contribution in [0.3, 0.4) is 0 Å². The molecule has 2 aromatic carbocycles. The van der Waals surface area contributed by atoms with Gasteiger partial charge >= 0.3 is 0 Å². The molecule has 0 aliphatic carbocycles. The molecule has 0 aliphatic heterocycles. The number of hydrogen-bond donors (Lipinski definition) is 1. The zero-order chi connectivity index (χ0) is 19.9. The Morgan fingerprint density at radius 3 is 2.43 bits per heavy atom. The van der Waals surface area contributed by atoms with E-state index in [1.165, 1.54) is 0 Å². The van der Waals surface area contributed by atoms with Crippen LogP contribution in [0.5, 0.6) is 0 Å². The fourth-order valence-electron chi connectivity index (χ4n) is 2.48. The number of aryl methyl sites for hydroxylation is 1.